The van der Waals surface area contributed by atoms with Crippen LogP contribution < -0.4 is 9.80 Å². The number of fused-ring (bicyclic) bond motifs is 1. The Morgan fingerprint density at radius 2 is 1.94 bits per heavy atom. The molecule has 0 fully saturated rings. The fourth-order valence-corrected chi connectivity index (χ4v) is 2.09. The van der Waals surface area contributed by atoms with Gasteiger partial charge in [0.2, 0.25) is 0 Å². The fourth-order valence-electron chi connectivity index (χ4n) is 2.09. The molecule has 17 heavy (non-hydrogen) atoms. The number of hydrogen-bond acceptors (Lipinski definition) is 4. The Balaban J connectivity index is 2.09. The molecule has 1 aromatic heterocycles. The number of hydrogen-bond donors (Lipinski definition) is 0. The number of para-hydroxylation sites is 1. The van der Waals surface area contributed by atoms with Gasteiger partial charge in [-0.05, 0) is 19.1 Å². The highest BCUT2D eigenvalue weighted by molar-refractivity contribution is 5.78. The summed E-state index contributed by atoms with van der Waals surface area (Å²) in [5.74, 6) is 1.80. The summed E-state index contributed by atoms with van der Waals surface area (Å²) in [6, 6.07) is 10.3. The summed E-state index contributed by atoms with van der Waals surface area (Å²) in [5.41, 5.74) is 2.25. The monoisotopic (exact) mass is 226 g/mol. The van der Waals surface area contributed by atoms with Gasteiger partial charge in [0.25, 0.3) is 0 Å². The van der Waals surface area contributed by atoms with Crippen LogP contribution in [0, 0.1) is 6.92 Å². The van der Waals surface area contributed by atoms with Crippen molar-refractivity contribution < 1.29 is 0 Å². The van der Waals surface area contributed by atoms with Crippen molar-refractivity contribution >= 4 is 17.2 Å². The van der Waals surface area contributed by atoms with Gasteiger partial charge in [-0.15, -0.1) is 0 Å². The van der Waals surface area contributed by atoms with Crippen molar-refractivity contribution in [3.8, 4) is 0 Å². The minimum Gasteiger partial charge on any atom is -0.352 e. The van der Waals surface area contributed by atoms with E-state index in [-0.39, 0.29) is 0 Å². The van der Waals surface area contributed by atoms with Gasteiger partial charge in [-0.2, -0.15) is 0 Å². The van der Waals surface area contributed by atoms with Crippen molar-refractivity contribution in [1.29, 1.82) is 0 Å². The SMILES string of the molecule is Cc1ncc2c(n1)N(c1ccccc1)CN2C. The van der Waals surface area contributed by atoms with E-state index in [1.54, 1.807) is 0 Å². The lowest BCUT2D eigenvalue weighted by Gasteiger charge is -2.18. The predicted molar refractivity (Wildman–Crippen MR) is 68.6 cm³/mol. The molecule has 0 unspecified atom stereocenters. The van der Waals surface area contributed by atoms with Gasteiger partial charge in [0.1, 0.15) is 11.5 Å². The molecule has 2 heterocycles. The highest BCUT2D eigenvalue weighted by atomic mass is 15.4. The van der Waals surface area contributed by atoms with Gasteiger partial charge in [0.15, 0.2) is 5.82 Å². The molecule has 0 spiro atoms. The predicted octanol–water partition coefficient (Wildman–Crippen LogP) is 2.33. The lowest BCUT2D eigenvalue weighted by Crippen LogP contribution is -2.24. The highest BCUT2D eigenvalue weighted by Gasteiger charge is 2.26. The van der Waals surface area contributed by atoms with Crippen LogP contribution in [0.4, 0.5) is 17.2 Å². The summed E-state index contributed by atoms with van der Waals surface area (Å²) in [7, 11) is 2.06. The van der Waals surface area contributed by atoms with Crippen molar-refractivity contribution in [3.05, 3.63) is 42.4 Å². The first kappa shape index (κ1) is 10.1. The molecule has 0 bridgehead atoms. The molecule has 1 aliphatic rings. The summed E-state index contributed by atoms with van der Waals surface area (Å²) >= 11 is 0. The van der Waals surface area contributed by atoms with Crippen LogP contribution in [0.15, 0.2) is 36.5 Å². The van der Waals surface area contributed by atoms with Crippen LogP contribution in [0.2, 0.25) is 0 Å². The van der Waals surface area contributed by atoms with Crippen LogP contribution in [0.3, 0.4) is 0 Å². The Morgan fingerprint density at radius 1 is 1.18 bits per heavy atom. The van der Waals surface area contributed by atoms with E-state index in [0.717, 1.165) is 29.7 Å². The van der Waals surface area contributed by atoms with Crippen LogP contribution in [-0.4, -0.2) is 23.7 Å². The van der Waals surface area contributed by atoms with Gasteiger partial charge in [-0.3, -0.25) is 0 Å². The second-order valence-electron chi connectivity index (χ2n) is 4.23. The quantitative estimate of drug-likeness (QED) is 0.747. The van der Waals surface area contributed by atoms with Gasteiger partial charge < -0.3 is 9.80 Å². The Kier molecular flexibility index (Phi) is 2.21. The molecule has 1 aromatic carbocycles. The molecule has 4 heteroatoms. The van der Waals surface area contributed by atoms with Crippen molar-refractivity contribution in [3.63, 3.8) is 0 Å². The summed E-state index contributed by atoms with van der Waals surface area (Å²) < 4.78 is 0. The van der Waals surface area contributed by atoms with Gasteiger partial charge in [-0.1, -0.05) is 18.2 Å². The van der Waals surface area contributed by atoms with Crippen molar-refractivity contribution in [2.45, 2.75) is 6.92 Å². The van der Waals surface area contributed by atoms with E-state index in [0.29, 0.717) is 0 Å². The lowest BCUT2D eigenvalue weighted by atomic mass is 10.3. The molecular formula is C13H14N4. The standard InChI is InChI=1S/C13H14N4/c1-10-14-8-12-13(15-10)17(9-16(12)2)11-6-4-3-5-7-11/h3-8H,9H2,1-2H3. The number of nitrogens with zero attached hydrogens (tertiary/aromatic N) is 4. The number of aryl methyl sites for hydroxylation is 1. The van der Waals surface area contributed by atoms with Gasteiger partial charge in [-0.25, -0.2) is 9.97 Å². The number of anilines is 3. The molecule has 0 saturated heterocycles. The molecule has 0 amide bonds. The number of benzene rings is 1. The lowest BCUT2D eigenvalue weighted by molar-refractivity contribution is 0.942. The second-order valence-corrected chi connectivity index (χ2v) is 4.23. The minimum atomic E-state index is 0.806. The Bertz CT molecular complexity index is 538. The normalized spacial score (nSPS) is 14.0. The van der Waals surface area contributed by atoms with Gasteiger partial charge >= 0.3 is 0 Å². The van der Waals surface area contributed by atoms with Gasteiger partial charge in [0.05, 0.1) is 12.9 Å². The molecule has 0 atom stereocenters. The average molecular weight is 226 g/mol. The molecular weight excluding hydrogens is 212 g/mol. The molecule has 0 saturated carbocycles. The molecule has 0 radical (unpaired) electrons. The van der Waals surface area contributed by atoms with Crippen LogP contribution in [0.5, 0.6) is 0 Å². The first-order valence-corrected chi connectivity index (χ1v) is 5.63. The maximum Gasteiger partial charge on any atom is 0.161 e. The minimum absolute atomic E-state index is 0.806. The molecule has 1 aliphatic heterocycles. The first-order valence-electron chi connectivity index (χ1n) is 5.63. The maximum atomic E-state index is 4.54. The van der Waals surface area contributed by atoms with E-state index in [9.17, 15) is 0 Å². The van der Waals surface area contributed by atoms with Crippen molar-refractivity contribution in [2.24, 2.45) is 0 Å². The zero-order valence-corrected chi connectivity index (χ0v) is 9.96. The molecule has 0 aliphatic carbocycles. The average Bonchev–Trinajstić information content (AvgIpc) is 2.67. The van der Waals surface area contributed by atoms with Gasteiger partial charge in [0, 0.05) is 12.7 Å². The van der Waals surface area contributed by atoms with E-state index in [2.05, 4.69) is 38.9 Å². The number of rotatable bonds is 1. The third-order valence-electron chi connectivity index (χ3n) is 2.96. The Hall–Kier alpha value is -2.10. The summed E-state index contributed by atoms with van der Waals surface area (Å²) in [6.45, 7) is 2.74. The van der Waals surface area contributed by atoms with E-state index in [1.165, 1.54) is 0 Å². The van der Waals surface area contributed by atoms with E-state index < -0.39 is 0 Å². The molecule has 0 N–H and O–H groups in total. The smallest absolute Gasteiger partial charge is 0.161 e. The third-order valence-corrected chi connectivity index (χ3v) is 2.96. The molecule has 86 valence electrons. The van der Waals surface area contributed by atoms with Crippen molar-refractivity contribution in [1.82, 2.24) is 9.97 Å². The Labute approximate surface area is 101 Å². The summed E-state index contributed by atoms with van der Waals surface area (Å²) in [5, 5.41) is 0. The fraction of sp³-hybridized carbons (Fsp3) is 0.231. The first-order chi connectivity index (χ1) is 8.25. The topological polar surface area (TPSA) is 32.3 Å². The maximum absolute atomic E-state index is 4.54. The number of aromatic nitrogens is 2. The highest BCUT2D eigenvalue weighted by Crippen LogP contribution is 2.37. The third kappa shape index (κ3) is 1.62. The van der Waals surface area contributed by atoms with Crippen LogP contribution in [0.1, 0.15) is 5.82 Å². The van der Waals surface area contributed by atoms with Crippen LogP contribution in [0.25, 0.3) is 0 Å². The van der Waals surface area contributed by atoms with Crippen molar-refractivity contribution in [2.75, 3.05) is 23.5 Å². The zero-order valence-electron chi connectivity index (χ0n) is 9.96. The molecule has 3 rings (SSSR count). The van der Waals surface area contributed by atoms with E-state index in [1.807, 2.05) is 31.3 Å². The summed E-state index contributed by atoms with van der Waals surface area (Å²) in [4.78, 5) is 13.1. The van der Waals surface area contributed by atoms with E-state index >= 15 is 0 Å². The van der Waals surface area contributed by atoms with E-state index in [4.69, 9.17) is 0 Å². The largest absolute Gasteiger partial charge is 0.352 e. The molecule has 2 aromatic rings. The molecule has 4 nitrogen and oxygen atoms in total. The second kappa shape index (κ2) is 3.73. The summed E-state index contributed by atoms with van der Waals surface area (Å²) in [6.07, 6.45) is 1.89. The van der Waals surface area contributed by atoms with Crippen LogP contribution in [-0.2, 0) is 0 Å². The zero-order chi connectivity index (χ0) is 11.8. The Morgan fingerprint density at radius 3 is 2.71 bits per heavy atom. The van der Waals surface area contributed by atoms with Crippen LogP contribution >= 0.6 is 0 Å².